The molecule has 170 valence electrons. The highest BCUT2D eigenvalue weighted by Crippen LogP contribution is 2.32. The van der Waals surface area contributed by atoms with E-state index in [2.05, 4.69) is 58.1 Å². The zero-order valence-electron chi connectivity index (χ0n) is 19.3. The van der Waals surface area contributed by atoms with Gasteiger partial charge in [0.15, 0.2) is 0 Å². The van der Waals surface area contributed by atoms with Crippen LogP contribution in [-0.4, -0.2) is 62.0 Å². The Bertz CT molecular complexity index is 772. The Morgan fingerprint density at radius 1 is 1.00 bits per heavy atom. The number of unbranched alkanes of at least 4 members (excludes halogenated alkanes) is 2. The van der Waals surface area contributed by atoms with Gasteiger partial charge in [0, 0.05) is 31.9 Å². The van der Waals surface area contributed by atoms with Crippen LogP contribution in [0.2, 0.25) is 0 Å². The fraction of sp³-hybridized carbons (Fsp3) is 0.696. The number of benzene rings is 1. The van der Waals surface area contributed by atoms with Gasteiger partial charge in [0.2, 0.25) is 15.9 Å². The van der Waals surface area contributed by atoms with Crippen molar-refractivity contribution in [2.45, 2.75) is 65.7 Å². The molecule has 1 amide bonds. The number of hydrogen-bond donors (Lipinski definition) is 1. The van der Waals surface area contributed by atoms with E-state index in [1.807, 2.05) is 4.90 Å². The van der Waals surface area contributed by atoms with Crippen molar-refractivity contribution in [3.8, 4) is 0 Å². The maximum atomic E-state index is 12.8. The van der Waals surface area contributed by atoms with Gasteiger partial charge in [-0.1, -0.05) is 65.7 Å². The van der Waals surface area contributed by atoms with E-state index in [4.69, 9.17) is 0 Å². The SMILES string of the molecule is CCCCCS(=O)(=O)N1CCN(CC(=O)Nc2c(C(C)C)cccc2C(C)C)CC1. The molecule has 0 radical (unpaired) electrons. The normalized spacial score (nSPS) is 16.4. The van der Waals surface area contributed by atoms with Crippen LogP contribution in [0.3, 0.4) is 0 Å². The minimum absolute atomic E-state index is 0.0377. The minimum atomic E-state index is -3.18. The maximum absolute atomic E-state index is 12.8. The summed E-state index contributed by atoms with van der Waals surface area (Å²) in [4.78, 5) is 14.8. The average molecular weight is 438 g/mol. The molecule has 1 heterocycles. The second-order valence-corrected chi connectivity index (χ2v) is 11.0. The fourth-order valence-corrected chi connectivity index (χ4v) is 5.45. The first-order chi connectivity index (χ1) is 14.2. The molecule has 1 aliphatic heterocycles. The lowest BCUT2D eigenvalue weighted by Crippen LogP contribution is -2.50. The molecule has 0 spiro atoms. The van der Waals surface area contributed by atoms with E-state index in [9.17, 15) is 13.2 Å². The number of rotatable bonds is 10. The van der Waals surface area contributed by atoms with Crippen molar-refractivity contribution >= 4 is 21.6 Å². The zero-order valence-corrected chi connectivity index (χ0v) is 20.1. The third-order valence-electron chi connectivity index (χ3n) is 5.74. The number of nitrogens with one attached hydrogen (secondary N) is 1. The van der Waals surface area contributed by atoms with Crippen LogP contribution >= 0.6 is 0 Å². The van der Waals surface area contributed by atoms with Gasteiger partial charge < -0.3 is 5.32 Å². The van der Waals surface area contributed by atoms with Crippen LogP contribution in [0.1, 0.15) is 76.8 Å². The van der Waals surface area contributed by atoms with Crippen molar-refractivity contribution in [3.63, 3.8) is 0 Å². The van der Waals surface area contributed by atoms with Crippen LogP contribution in [0.25, 0.3) is 0 Å². The summed E-state index contributed by atoms with van der Waals surface area (Å²) in [6, 6.07) is 6.21. The quantitative estimate of drug-likeness (QED) is 0.562. The van der Waals surface area contributed by atoms with E-state index >= 15 is 0 Å². The summed E-state index contributed by atoms with van der Waals surface area (Å²) in [7, 11) is -3.18. The Morgan fingerprint density at radius 3 is 2.07 bits per heavy atom. The predicted molar refractivity (Wildman–Crippen MR) is 125 cm³/mol. The minimum Gasteiger partial charge on any atom is -0.324 e. The summed E-state index contributed by atoms with van der Waals surface area (Å²) in [5, 5.41) is 3.15. The predicted octanol–water partition coefficient (Wildman–Crippen LogP) is 4.01. The lowest BCUT2D eigenvalue weighted by atomic mass is 9.92. The van der Waals surface area contributed by atoms with Crippen LogP contribution in [0, 0.1) is 0 Å². The molecule has 2 rings (SSSR count). The summed E-state index contributed by atoms with van der Waals surface area (Å²) in [6.07, 6.45) is 2.67. The van der Waals surface area contributed by atoms with Gasteiger partial charge in [-0.2, -0.15) is 4.31 Å². The van der Waals surface area contributed by atoms with Crippen LogP contribution in [0.4, 0.5) is 5.69 Å². The molecule has 1 N–H and O–H groups in total. The maximum Gasteiger partial charge on any atom is 0.238 e. The van der Waals surface area contributed by atoms with E-state index in [1.54, 1.807) is 4.31 Å². The summed E-state index contributed by atoms with van der Waals surface area (Å²) in [6.45, 7) is 13.0. The van der Waals surface area contributed by atoms with E-state index in [-0.39, 0.29) is 18.2 Å². The molecule has 0 aromatic heterocycles. The smallest absolute Gasteiger partial charge is 0.238 e. The molecule has 0 atom stereocenters. The van der Waals surface area contributed by atoms with Crippen molar-refractivity contribution in [1.82, 2.24) is 9.21 Å². The lowest BCUT2D eigenvalue weighted by Gasteiger charge is -2.33. The monoisotopic (exact) mass is 437 g/mol. The van der Waals surface area contributed by atoms with Crippen molar-refractivity contribution in [2.24, 2.45) is 0 Å². The van der Waals surface area contributed by atoms with Crippen molar-refractivity contribution < 1.29 is 13.2 Å². The summed E-state index contributed by atoms with van der Waals surface area (Å²) in [5.74, 6) is 0.829. The molecule has 1 aromatic carbocycles. The van der Waals surface area contributed by atoms with E-state index in [1.165, 1.54) is 0 Å². The highest BCUT2D eigenvalue weighted by Gasteiger charge is 2.27. The molecule has 0 bridgehead atoms. The van der Waals surface area contributed by atoms with Gasteiger partial charge in [0.1, 0.15) is 0 Å². The Kier molecular flexibility index (Phi) is 9.31. The molecule has 1 fully saturated rings. The van der Waals surface area contributed by atoms with Crippen LogP contribution in [0.15, 0.2) is 18.2 Å². The number of anilines is 1. The van der Waals surface area contributed by atoms with E-state index < -0.39 is 10.0 Å². The van der Waals surface area contributed by atoms with Crippen LogP contribution in [-0.2, 0) is 14.8 Å². The van der Waals surface area contributed by atoms with Gasteiger partial charge in [-0.25, -0.2) is 8.42 Å². The summed E-state index contributed by atoms with van der Waals surface area (Å²) < 4.78 is 26.5. The molecule has 0 saturated carbocycles. The molecule has 1 saturated heterocycles. The lowest BCUT2D eigenvalue weighted by molar-refractivity contribution is -0.117. The molecule has 1 aromatic rings. The number of sulfonamides is 1. The third kappa shape index (κ3) is 6.79. The van der Waals surface area contributed by atoms with Crippen molar-refractivity contribution in [3.05, 3.63) is 29.3 Å². The largest absolute Gasteiger partial charge is 0.324 e. The Hall–Kier alpha value is -1.44. The number of carbonyl (C=O) groups excluding carboxylic acids is 1. The molecule has 6 nitrogen and oxygen atoms in total. The van der Waals surface area contributed by atoms with Crippen molar-refractivity contribution in [1.29, 1.82) is 0 Å². The number of para-hydroxylation sites is 1. The first-order valence-electron chi connectivity index (χ1n) is 11.3. The average Bonchev–Trinajstić information content (AvgIpc) is 2.68. The van der Waals surface area contributed by atoms with E-state index in [0.29, 0.717) is 38.0 Å². The number of carbonyl (C=O) groups is 1. The Morgan fingerprint density at radius 2 is 1.57 bits per heavy atom. The molecular weight excluding hydrogens is 398 g/mol. The highest BCUT2D eigenvalue weighted by molar-refractivity contribution is 7.89. The third-order valence-corrected chi connectivity index (χ3v) is 7.69. The Labute approximate surface area is 183 Å². The zero-order chi connectivity index (χ0) is 22.3. The van der Waals surface area contributed by atoms with Gasteiger partial charge in [-0.3, -0.25) is 9.69 Å². The summed E-state index contributed by atoms with van der Waals surface area (Å²) >= 11 is 0. The van der Waals surface area contributed by atoms with Gasteiger partial charge in [-0.15, -0.1) is 0 Å². The van der Waals surface area contributed by atoms with Crippen LogP contribution < -0.4 is 5.32 Å². The van der Waals surface area contributed by atoms with Gasteiger partial charge in [0.05, 0.1) is 12.3 Å². The molecular formula is C23H39N3O3S. The number of piperazine rings is 1. The topological polar surface area (TPSA) is 69.7 Å². The van der Waals surface area contributed by atoms with Gasteiger partial charge >= 0.3 is 0 Å². The first kappa shape index (κ1) is 24.8. The fourth-order valence-electron chi connectivity index (χ4n) is 3.91. The number of nitrogens with zero attached hydrogens (tertiary/aromatic N) is 2. The molecule has 30 heavy (non-hydrogen) atoms. The molecule has 0 unspecified atom stereocenters. The van der Waals surface area contributed by atoms with Crippen molar-refractivity contribution in [2.75, 3.05) is 43.8 Å². The second-order valence-electron chi connectivity index (χ2n) is 8.87. The summed E-state index contributed by atoms with van der Waals surface area (Å²) in [5.41, 5.74) is 3.24. The Balaban J connectivity index is 1.95. The standard InChI is InChI=1S/C23H39N3O3S/c1-6-7-8-16-30(28,29)26-14-12-25(13-15-26)17-22(27)24-23-20(18(2)3)10-9-11-21(23)19(4)5/h9-11,18-19H,6-8,12-17H2,1-5H3,(H,24,27). The first-order valence-corrected chi connectivity index (χ1v) is 12.9. The molecule has 0 aliphatic carbocycles. The second kappa shape index (κ2) is 11.3. The molecule has 1 aliphatic rings. The van der Waals surface area contributed by atoms with Gasteiger partial charge in [0.25, 0.3) is 0 Å². The van der Waals surface area contributed by atoms with Crippen LogP contribution in [0.5, 0.6) is 0 Å². The number of amides is 1. The molecule has 7 heteroatoms. The van der Waals surface area contributed by atoms with Gasteiger partial charge in [-0.05, 0) is 29.4 Å². The highest BCUT2D eigenvalue weighted by atomic mass is 32.2. The van der Waals surface area contributed by atoms with E-state index in [0.717, 1.165) is 36.1 Å². The number of hydrogen-bond acceptors (Lipinski definition) is 4.